The van der Waals surface area contributed by atoms with Gasteiger partial charge in [0, 0.05) is 13.0 Å². The van der Waals surface area contributed by atoms with Gasteiger partial charge in [-0.2, -0.15) is 0 Å². The molecule has 2 N–H and O–H groups in total. The van der Waals surface area contributed by atoms with Crippen LogP contribution < -0.4 is 5.32 Å². The van der Waals surface area contributed by atoms with E-state index in [0.717, 1.165) is 32.3 Å². The number of carboxylic acid groups (broad SMARTS) is 1. The van der Waals surface area contributed by atoms with Crippen molar-refractivity contribution in [2.24, 2.45) is 0 Å². The summed E-state index contributed by atoms with van der Waals surface area (Å²) in [7, 11) is 1.71. The zero-order chi connectivity index (χ0) is 14.1. The lowest BCUT2D eigenvalue weighted by Crippen LogP contribution is -2.54. The highest BCUT2D eigenvalue weighted by Gasteiger charge is 2.41. The molecule has 1 rings (SSSR count). The van der Waals surface area contributed by atoms with E-state index >= 15 is 0 Å². The number of unbranched alkanes of at least 4 members (excludes halogenated alkanes) is 1. The van der Waals surface area contributed by atoms with Crippen LogP contribution in [0.2, 0.25) is 0 Å². The first-order valence-corrected chi connectivity index (χ1v) is 7.26. The molecule has 0 aromatic carbocycles. The van der Waals surface area contributed by atoms with E-state index in [1.165, 1.54) is 0 Å². The number of aliphatic carboxylic acids is 1. The van der Waals surface area contributed by atoms with E-state index in [0.29, 0.717) is 26.1 Å². The predicted octanol–water partition coefficient (Wildman–Crippen LogP) is 1.81. The number of hydrogen-bond acceptors (Lipinski definition) is 4. The summed E-state index contributed by atoms with van der Waals surface area (Å²) >= 11 is 0. The molecule has 1 aliphatic carbocycles. The largest absolute Gasteiger partial charge is 0.480 e. The summed E-state index contributed by atoms with van der Waals surface area (Å²) in [5, 5.41) is 12.3. The third-order valence-electron chi connectivity index (χ3n) is 3.82. The molecule has 0 amide bonds. The standard InChI is InChI=1S/C14H27NO4/c1-3-4-8-18-9-10-19-12-6-5-7-14(11-12,15-2)13(16)17/h12,15H,3-11H2,1-2H3,(H,16,17). The summed E-state index contributed by atoms with van der Waals surface area (Å²) < 4.78 is 11.2. The maximum atomic E-state index is 11.4. The fourth-order valence-corrected chi connectivity index (χ4v) is 2.52. The first kappa shape index (κ1) is 16.4. The fourth-order valence-electron chi connectivity index (χ4n) is 2.52. The van der Waals surface area contributed by atoms with Gasteiger partial charge in [-0.1, -0.05) is 13.3 Å². The molecule has 0 saturated heterocycles. The fraction of sp³-hybridized carbons (Fsp3) is 0.929. The number of carbonyl (C=O) groups is 1. The maximum absolute atomic E-state index is 11.4. The van der Waals surface area contributed by atoms with Gasteiger partial charge in [0.1, 0.15) is 5.54 Å². The Labute approximate surface area is 115 Å². The molecule has 112 valence electrons. The highest BCUT2D eigenvalue weighted by Crippen LogP contribution is 2.30. The predicted molar refractivity (Wildman–Crippen MR) is 73.4 cm³/mol. The summed E-state index contributed by atoms with van der Waals surface area (Å²) in [6, 6.07) is 0. The van der Waals surface area contributed by atoms with Gasteiger partial charge >= 0.3 is 5.97 Å². The molecule has 2 atom stereocenters. The van der Waals surface area contributed by atoms with E-state index < -0.39 is 11.5 Å². The van der Waals surface area contributed by atoms with E-state index in [2.05, 4.69) is 12.2 Å². The van der Waals surface area contributed by atoms with Crippen LogP contribution in [0.4, 0.5) is 0 Å². The van der Waals surface area contributed by atoms with Crippen LogP contribution in [0.25, 0.3) is 0 Å². The van der Waals surface area contributed by atoms with Gasteiger partial charge in [-0.25, -0.2) is 0 Å². The molecular weight excluding hydrogens is 246 g/mol. The molecule has 5 nitrogen and oxygen atoms in total. The summed E-state index contributed by atoms with van der Waals surface area (Å²) in [6.45, 7) is 4.05. The van der Waals surface area contributed by atoms with E-state index in [1.807, 2.05) is 0 Å². The van der Waals surface area contributed by atoms with Crippen LogP contribution in [-0.2, 0) is 14.3 Å². The Morgan fingerprint density at radius 1 is 1.42 bits per heavy atom. The Hall–Kier alpha value is -0.650. The van der Waals surface area contributed by atoms with Crippen molar-refractivity contribution in [2.75, 3.05) is 26.9 Å². The summed E-state index contributed by atoms with van der Waals surface area (Å²) in [5.41, 5.74) is -0.814. The van der Waals surface area contributed by atoms with Crippen LogP contribution in [0.3, 0.4) is 0 Å². The van der Waals surface area contributed by atoms with Crippen molar-refractivity contribution in [1.82, 2.24) is 5.32 Å². The third kappa shape index (κ3) is 5.09. The highest BCUT2D eigenvalue weighted by atomic mass is 16.5. The van der Waals surface area contributed by atoms with Crippen molar-refractivity contribution >= 4 is 5.97 Å². The number of likely N-dealkylation sites (N-methyl/N-ethyl adjacent to an activating group) is 1. The molecule has 0 aromatic heterocycles. The smallest absolute Gasteiger partial charge is 0.323 e. The second-order valence-corrected chi connectivity index (χ2v) is 5.19. The normalized spacial score (nSPS) is 27.4. The summed E-state index contributed by atoms with van der Waals surface area (Å²) in [5.74, 6) is -0.775. The average molecular weight is 273 g/mol. The van der Waals surface area contributed by atoms with Gasteiger partial charge in [0.15, 0.2) is 0 Å². The maximum Gasteiger partial charge on any atom is 0.323 e. The van der Waals surface area contributed by atoms with Crippen molar-refractivity contribution in [3.05, 3.63) is 0 Å². The number of nitrogens with one attached hydrogen (secondary N) is 1. The van der Waals surface area contributed by atoms with Gasteiger partial charge in [-0.15, -0.1) is 0 Å². The molecule has 0 aliphatic heterocycles. The summed E-state index contributed by atoms with van der Waals surface area (Å²) in [4.78, 5) is 11.4. The van der Waals surface area contributed by atoms with Crippen molar-refractivity contribution in [2.45, 2.75) is 57.1 Å². The SMILES string of the molecule is CCCCOCCOC1CCCC(NC)(C(=O)O)C1. The molecule has 1 saturated carbocycles. The monoisotopic (exact) mass is 273 g/mol. The number of ether oxygens (including phenoxy) is 2. The Morgan fingerprint density at radius 3 is 2.84 bits per heavy atom. The quantitative estimate of drug-likeness (QED) is 0.627. The summed E-state index contributed by atoms with van der Waals surface area (Å²) in [6.07, 6.45) is 5.25. The zero-order valence-corrected chi connectivity index (χ0v) is 12.1. The third-order valence-corrected chi connectivity index (χ3v) is 3.82. The average Bonchev–Trinajstić information content (AvgIpc) is 2.42. The number of hydrogen-bond donors (Lipinski definition) is 2. The van der Waals surface area contributed by atoms with Crippen LogP contribution in [0, 0.1) is 0 Å². The Morgan fingerprint density at radius 2 is 2.21 bits per heavy atom. The van der Waals surface area contributed by atoms with Crippen molar-refractivity contribution in [3.63, 3.8) is 0 Å². The molecule has 0 bridgehead atoms. The lowest BCUT2D eigenvalue weighted by atomic mass is 9.80. The molecule has 1 fully saturated rings. The minimum absolute atomic E-state index is 0.0204. The van der Waals surface area contributed by atoms with Crippen LogP contribution in [-0.4, -0.2) is 49.6 Å². The van der Waals surface area contributed by atoms with Crippen LogP contribution in [0.5, 0.6) is 0 Å². The minimum atomic E-state index is -0.814. The van der Waals surface area contributed by atoms with Crippen LogP contribution in [0.1, 0.15) is 45.4 Å². The second-order valence-electron chi connectivity index (χ2n) is 5.19. The van der Waals surface area contributed by atoms with E-state index in [1.54, 1.807) is 7.05 Å². The number of rotatable bonds is 9. The zero-order valence-electron chi connectivity index (χ0n) is 12.1. The molecule has 0 heterocycles. The topological polar surface area (TPSA) is 67.8 Å². The minimum Gasteiger partial charge on any atom is -0.480 e. The Kier molecular flexibility index (Phi) is 7.34. The van der Waals surface area contributed by atoms with Crippen LogP contribution >= 0.6 is 0 Å². The van der Waals surface area contributed by atoms with E-state index in [-0.39, 0.29) is 6.10 Å². The van der Waals surface area contributed by atoms with E-state index in [9.17, 15) is 9.90 Å². The van der Waals surface area contributed by atoms with Crippen molar-refractivity contribution in [3.8, 4) is 0 Å². The molecule has 1 aliphatic rings. The number of carboxylic acids is 1. The second kappa shape index (κ2) is 8.51. The molecule has 0 spiro atoms. The molecular formula is C14H27NO4. The van der Waals surface area contributed by atoms with Crippen molar-refractivity contribution in [1.29, 1.82) is 0 Å². The molecule has 0 aromatic rings. The highest BCUT2D eigenvalue weighted by molar-refractivity contribution is 5.79. The van der Waals surface area contributed by atoms with Gasteiger partial charge in [-0.05, 0) is 32.7 Å². The van der Waals surface area contributed by atoms with Gasteiger partial charge in [0.05, 0.1) is 19.3 Å². The van der Waals surface area contributed by atoms with Gasteiger partial charge in [0.2, 0.25) is 0 Å². The van der Waals surface area contributed by atoms with Gasteiger partial charge in [-0.3, -0.25) is 4.79 Å². The Balaban J connectivity index is 2.25. The van der Waals surface area contributed by atoms with Gasteiger partial charge < -0.3 is 19.9 Å². The van der Waals surface area contributed by atoms with E-state index in [4.69, 9.17) is 9.47 Å². The lowest BCUT2D eigenvalue weighted by Gasteiger charge is -2.37. The van der Waals surface area contributed by atoms with Crippen LogP contribution in [0.15, 0.2) is 0 Å². The molecule has 5 heteroatoms. The van der Waals surface area contributed by atoms with Crippen molar-refractivity contribution < 1.29 is 19.4 Å². The molecule has 2 unspecified atom stereocenters. The molecule has 0 radical (unpaired) electrons. The van der Waals surface area contributed by atoms with Gasteiger partial charge in [0.25, 0.3) is 0 Å². The molecule has 19 heavy (non-hydrogen) atoms. The Bertz CT molecular complexity index is 272. The first-order chi connectivity index (χ1) is 9.14. The lowest BCUT2D eigenvalue weighted by molar-refractivity contribution is -0.149. The first-order valence-electron chi connectivity index (χ1n) is 7.26.